The number of hydrogen-bond donors (Lipinski definition) is 2. The molecule has 2 saturated heterocycles. The molecule has 0 aliphatic carbocycles. The van der Waals surface area contributed by atoms with Crippen molar-refractivity contribution in [3.05, 3.63) is 59.7 Å². The quantitative estimate of drug-likeness (QED) is 0.529. The number of aliphatic carboxylic acids is 1. The highest BCUT2D eigenvalue weighted by atomic mass is 19.4. The molecule has 1 unspecified atom stereocenters. The summed E-state index contributed by atoms with van der Waals surface area (Å²) >= 11 is 0. The molecule has 2 heterocycles. The SMILES string of the molecule is CN1CCC(N2/C(=N/c3ccc(OC(F)(F)F)cc3)OCC2c2ccc(C(=O)NCCC(=O)O)cc2)CC1. The van der Waals surface area contributed by atoms with Crippen LogP contribution in [-0.4, -0.2) is 78.5 Å². The van der Waals surface area contributed by atoms with Crippen LogP contribution in [0.1, 0.15) is 41.2 Å². The van der Waals surface area contributed by atoms with Gasteiger partial charge in [-0.1, -0.05) is 12.1 Å². The molecule has 1 atom stereocenters. The predicted octanol–water partition coefficient (Wildman–Crippen LogP) is 3.94. The second-order valence-electron chi connectivity index (χ2n) is 9.23. The van der Waals surface area contributed by atoms with E-state index in [4.69, 9.17) is 9.84 Å². The van der Waals surface area contributed by atoms with Crippen LogP contribution in [0.5, 0.6) is 5.75 Å². The number of amides is 1. The van der Waals surface area contributed by atoms with Crippen molar-refractivity contribution < 1.29 is 37.3 Å². The fourth-order valence-electron chi connectivity index (χ4n) is 4.55. The Morgan fingerprint density at radius 1 is 1.11 bits per heavy atom. The average Bonchev–Trinajstić information content (AvgIpc) is 3.28. The summed E-state index contributed by atoms with van der Waals surface area (Å²) in [5.74, 6) is -1.67. The lowest BCUT2D eigenvalue weighted by Crippen LogP contribution is -2.45. The van der Waals surface area contributed by atoms with E-state index in [9.17, 15) is 22.8 Å². The first kappa shape index (κ1) is 27.2. The number of nitrogens with zero attached hydrogens (tertiary/aromatic N) is 3. The number of carboxylic acid groups (broad SMARTS) is 1. The Labute approximate surface area is 217 Å². The van der Waals surface area contributed by atoms with Gasteiger partial charge >= 0.3 is 12.3 Å². The molecule has 2 aliphatic heterocycles. The van der Waals surface area contributed by atoms with Crippen molar-refractivity contribution in [2.24, 2.45) is 4.99 Å². The Hall–Kier alpha value is -3.80. The highest BCUT2D eigenvalue weighted by molar-refractivity contribution is 5.94. The average molecular weight is 535 g/mol. The van der Waals surface area contributed by atoms with Crippen LogP contribution in [0.4, 0.5) is 18.9 Å². The van der Waals surface area contributed by atoms with Gasteiger partial charge in [0.25, 0.3) is 11.9 Å². The molecule has 0 radical (unpaired) electrons. The van der Waals surface area contributed by atoms with Crippen LogP contribution in [0.3, 0.4) is 0 Å². The van der Waals surface area contributed by atoms with Crippen LogP contribution in [0, 0.1) is 0 Å². The van der Waals surface area contributed by atoms with E-state index < -0.39 is 12.3 Å². The minimum Gasteiger partial charge on any atom is -0.481 e. The molecular weight excluding hydrogens is 505 g/mol. The molecule has 0 bridgehead atoms. The first-order valence-electron chi connectivity index (χ1n) is 12.2. The molecule has 2 fully saturated rings. The Morgan fingerprint density at radius 2 is 1.76 bits per heavy atom. The number of halogens is 3. The number of nitrogens with one attached hydrogen (secondary N) is 1. The number of alkyl halides is 3. The number of rotatable bonds is 8. The first-order valence-corrected chi connectivity index (χ1v) is 12.2. The van der Waals surface area contributed by atoms with Gasteiger partial charge in [0, 0.05) is 18.2 Å². The molecule has 12 heteroatoms. The second kappa shape index (κ2) is 11.7. The summed E-state index contributed by atoms with van der Waals surface area (Å²) in [6.45, 7) is 2.17. The van der Waals surface area contributed by atoms with Gasteiger partial charge in [0.15, 0.2) is 0 Å². The minimum atomic E-state index is -4.77. The lowest BCUT2D eigenvalue weighted by atomic mass is 9.98. The molecule has 2 N–H and O–H groups in total. The largest absolute Gasteiger partial charge is 0.573 e. The number of carbonyl (C=O) groups is 2. The standard InChI is InChI=1S/C26H29F3N4O5/c1-32-14-11-20(12-15-32)33-22(17-2-4-18(5-3-17)24(36)30-13-10-23(34)35)16-37-25(33)31-19-6-8-21(9-7-19)38-26(27,28)29/h2-9,20,22H,10-16H2,1H3,(H,30,36)(H,34,35)/b31-25-. The molecule has 38 heavy (non-hydrogen) atoms. The zero-order chi connectivity index (χ0) is 27.3. The summed E-state index contributed by atoms with van der Waals surface area (Å²) in [5, 5.41) is 11.3. The highest BCUT2D eigenvalue weighted by Gasteiger charge is 2.39. The summed E-state index contributed by atoms with van der Waals surface area (Å²) < 4.78 is 47.4. The third kappa shape index (κ3) is 7.15. The van der Waals surface area contributed by atoms with Crippen LogP contribution in [0.25, 0.3) is 0 Å². The maximum Gasteiger partial charge on any atom is 0.573 e. The van der Waals surface area contributed by atoms with Crippen molar-refractivity contribution in [1.82, 2.24) is 15.1 Å². The number of amidine groups is 1. The number of likely N-dealkylation sites (tertiary alicyclic amines) is 1. The van der Waals surface area contributed by atoms with E-state index in [0.717, 1.165) is 31.5 Å². The van der Waals surface area contributed by atoms with E-state index in [0.29, 0.717) is 23.9 Å². The number of ether oxygens (including phenoxy) is 2. The van der Waals surface area contributed by atoms with Gasteiger partial charge in [0.05, 0.1) is 18.2 Å². The van der Waals surface area contributed by atoms with E-state index in [1.165, 1.54) is 24.3 Å². The van der Waals surface area contributed by atoms with Gasteiger partial charge in [-0.15, -0.1) is 13.2 Å². The second-order valence-corrected chi connectivity index (χ2v) is 9.23. The number of piperidine rings is 1. The molecular formula is C26H29F3N4O5. The third-order valence-corrected chi connectivity index (χ3v) is 6.49. The zero-order valence-electron chi connectivity index (χ0n) is 20.8. The Kier molecular flexibility index (Phi) is 8.40. The summed E-state index contributed by atoms with van der Waals surface area (Å²) in [6, 6.07) is 12.7. The van der Waals surface area contributed by atoms with Crippen LogP contribution in [0.15, 0.2) is 53.5 Å². The molecule has 4 rings (SSSR count). The Bertz CT molecular complexity index is 1150. The summed E-state index contributed by atoms with van der Waals surface area (Å²) in [6.07, 6.45) is -3.15. The Morgan fingerprint density at radius 3 is 2.37 bits per heavy atom. The fourth-order valence-corrected chi connectivity index (χ4v) is 4.55. The third-order valence-electron chi connectivity index (χ3n) is 6.49. The molecule has 2 aromatic carbocycles. The van der Waals surface area contributed by atoms with Gasteiger partial charge in [0.1, 0.15) is 12.4 Å². The molecule has 0 aromatic heterocycles. The molecule has 1 amide bonds. The number of benzene rings is 2. The smallest absolute Gasteiger partial charge is 0.481 e. The van der Waals surface area contributed by atoms with Crippen molar-refractivity contribution in [1.29, 1.82) is 0 Å². The Balaban J connectivity index is 1.53. The highest BCUT2D eigenvalue weighted by Crippen LogP contribution is 2.35. The van der Waals surface area contributed by atoms with Crippen LogP contribution >= 0.6 is 0 Å². The lowest BCUT2D eigenvalue weighted by molar-refractivity contribution is -0.274. The van der Waals surface area contributed by atoms with Gasteiger partial charge in [-0.3, -0.25) is 9.59 Å². The fraction of sp³-hybridized carbons (Fsp3) is 0.423. The maximum absolute atomic E-state index is 12.5. The normalized spacial score (nSPS) is 19.8. The molecule has 9 nitrogen and oxygen atoms in total. The minimum absolute atomic E-state index is 0.0411. The number of carboxylic acids is 1. The van der Waals surface area contributed by atoms with Crippen LogP contribution < -0.4 is 10.1 Å². The van der Waals surface area contributed by atoms with Gasteiger partial charge in [-0.05, 0) is 74.9 Å². The van der Waals surface area contributed by atoms with Crippen molar-refractivity contribution in [3.8, 4) is 5.75 Å². The van der Waals surface area contributed by atoms with Crippen LogP contribution in [0.2, 0.25) is 0 Å². The lowest BCUT2D eigenvalue weighted by Gasteiger charge is -2.37. The summed E-state index contributed by atoms with van der Waals surface area (Å²) in [4.78, 5) is 32.0. The monoisotopic (exact) mass is 534 g/mol. The van der Waals surface area contributed by atoms with Crippen LogP contribution in [-0.2, 0) is 9.53 Å². The number of carbonyl (C=O) groups excluding carboxylic acids is 1. The molecule has 0 spiro atoms. The van der Waals surface area contributed by atoms with Crippen molar-refractivity contribution in [2.75, 3.05) is 33.3 Å². The summed E-state index contributed by atoms with van der Waals surface area (Å²) in [7, 11) is 2.06. The van der Waals surface area contributed by atoms with Gasteiger partial charge in [0.2, 0.25) is 0 Å². The molecule has 2 aromatic rings. The first-order chi connectivity index (χ1) is 18.1. The van der Waals surface area contributed by atoms with Gasteiger partial charge < -0.3 is 29.7 Å². The van der Waals surface area contributed by atoms with E-state index in [-0.39, 0.29) is 36.7 Å². The van der Waals surface area contributed by atoms with Gasteiger partial charge in [-0.25, -0.2) is 0 Å². The predicted molar refractivity (Wildman–Crippen MR) is 132 cm³/mol. The number of hydrogen-bond acceptors (Lipinski definition) is 6. The summed E-state index contributed by atoms with van der Waals surface area (Å²) in [5.41, 5.74) is 1.77. The maximum atomic E-state index is 12.5. The topological polar surface area (TPSA) is 104 Å². The van der Waals surface area contributed by atoms with E-state index in [1.807, 2.05) is 12.1 Å². The molecule has 0 saturated carbocycles. The van der Waals surface area contributed by atoms with Crippen molar-refractivity contribution >= 4 is 23.6 Å². The zero-order valence-corrected chi connectivity index (χ0v) is 20.8. The van der Waals surface area contributed by atoms with E-state index in [2.05, 4.69) is 31.9 Å². The van der Waals surface area contributed by atoms with Crippen molar-refractivity contribution in [2.45, 2.75) is 37.7 Å². The van der Waals surface area contributed by atoms with E-state index in [1.54, 1.807) is 12.1 Å². The van der Waals surface area contributed by atoms with Crippen molar-refractivity contribution in [3.63, 3.8) is 0 Å². The van der Waals surface area contributed by atoms with E-state index >= 15 is 0 Å². The molecule has 2 aliphatic rings. The molecule has 204 valence electrons. The van der Waals surface area contributed by atoms with Gasteiger partial charge in [-0.2, -0.15) is 4.99 Å². The number of aliphatic imine (C=N–C) groups is 1.